The van der Waals surface area contributed by atoms with Crippen LogP contribution in [0.5, 0.6) is 0 Å². The molecule has 0 saturated heterocycles. The number of aromatic nitrogens is 2. The molecule has 1 aromatic heterocycles. The molecule has 0 aliphatic heterocycles. The Bertz CT molecular complexity index is 762. The van der Waals surface area contributed by atoms with E-state index in [9.17, 15) is 14.4 Å². The highest BCUT2D eigenvalue weighted by Crippen LogP contribution is 2.03. The van der Waals surface area contributed by atoms with Crippen LogP contribution >= 0.6 is 0 Å². The second-order valence-electron chi connectivity index (χ2n) is 4.42. The number of ether oxygens (including phenoxy) is 1. The fourth-order valence-corrected chi connectivity index (χ4v) is 1.90. The lowest BCUT2D eigenvalue weighted by Crippen LogP contribution is -2.42. The minimum absolute atomic E-state index is 0.0509. The van der Waals surface area contributed by atoms with Crippen molar-refractivity contribution in [2.24, 2.45) is 0 Å². The van der Waals surface area contributed by atoms with Gasteiger partial charge in [0.15, 0.2) is 0 Å². The number of anilines is 1. The molecule has 0 saturated carbocycles. The number of nitrogens with zero attached hydrogens (tertiary/aromatic N) is 2. The van der Waals surface area contributed by atoms with Crippen LogP contribution in [-0.2, 0) is 22.6 Å². The SMILES string of the molecule is COC(=O)Cn1c(=O)cc(N)n(Cc2ccccc2)c1=O. The summed E-state index contributed by atoms with van der Waals surface area (Å²) in [5, 5.41) is 0. The van der Waals surface area contributed by atoms with Crippen molar-refractivity contribution in [1.82, 2.24) is 9.13 Å². The van der Waals surface area contributed by atoms with Gasteiger partial charge >= 0.3 is 11.7 Å². The van der Waals surface area contributed by atoms with E-state index >= 15 is 0 Å². The first kappa shape index (κ1) is 14.6. The summed E-state index contributed by atoms with van der Waals surface area (Å²) < 4.78 is 6.51. The van der Waals surface area contributed by atoms with Crippen LogP contribution in [0.1, 0.15) is 5.56 Å². The largest absolute Gasteiger partial charge is 0.468 e. The molecule has 2 aromatic rings. The number of rotatable bonds is 4. The smallest absolute Gasteiger partial charge is 0.333 e. The van der Waals surface area contributed by atoms with Crippen molar-refractivity contribution in [3.8, 4) is 0 Å². The molecular formula is C14H15N3O4. The maximum atomic E-state index is 12.3. The monoisotopic (exact) mass is 289 g/mol. The molecule has 2 N–H and O–H groups in total. The van der Waals surface area contributed by atoms with Crippen molar-refractivity contribution in [2.45, 2.75) is 13.1 Å². The topological polar surface area (TPSA) is 96.3 Å². The number of nitrogen functional groups attached to an aromatic ring is 1. The summed E-state index contributed by atoms with van der Waals surface area (Å²) >= 11 is 0. The number of benzene rings is 1. The van der Waals surface area contributed by atoms with E-state index in [4.69, 9.17) is 5.73 Å². The summed E-state index contributed by atoms with van der Waals surface area (Å²) in [6, 6.07) is 10.3. The Labute approximate surface area is 120 Å². The molecule has 0 fully saturated rings. The first-order valence-corrected chi connectivity index (χ1v) is 6.24. The van der Waals surface area contributed by atoms with Crippen LogP contribution in [0.3, 0.4) is 0 Å². The van der Waals surface area contributed by atoms with Gasteiger partial charge in [0.2, 0.25) is 0 Å². The summed E-state index contributed by atoms with van der Waals surface area (Å²) in [7, 11) is 1.19. The Morgan fingerprint density at radius 2 is 1.86 bits per heavy atom. The van der Waals surface area contributed by atoms with Crippen LogP contribution in [0.25, 0.3) is 0 Å². The summed E-state index contributed by atoms with van der Waals surface area (Å²) in [5.41, 5.74) is 5.32. The molecule has 7 heteroatoms. The minimum Gasteiger partial charge on any atom is -0.468 e. The molecule has 0 bridgehead atoms. The van der Waals surface area contributed by atoms with E-state index in [1.165, 1.54) is 11.7 Å². The highest BCUT2D eigenvalue weighted by molar-refractivity contribution is 5.68. The van der Waals surface area contributed by atoms with Gasteiger partial charge in [-0.15, -0.1) is 0 Å². The zero-order valence-corrected chi connectivity index (χ0v) is 11.5. The third kappa shape index (κ3) is 3.19. The van der Waals surface area contributed by atoms with E-state index in [1.807, 2.05) is 30.3 Å². The molecule has 0 unspecified atom stereocenters. The van der Waals surface area contributed by atoms with E-state index in [1.54, 1.807) is 0 Å². The lowest BCUT2D eigenvalue weighted by molar-refractivity contribution is -0.141. The number of carbonyl (C=O) groups is 1. The Hall–Kier alpha value is -2.83. The summed E-state index contributed by atoms with van der Waals surface area (Å²) in [5.74, 6) is -0.625. The summed E-state index contributed by atoms with van der Waals surface area (Å²) in [6.45, 7) is -0.226. The molecule has 110 valence electrons. The van der Waals surface area contributed by atoms with E-state index in [-0.39, 0.29) is 12.4 Å². The summed E-state index contributed by atoms with van der Waals surface area (Å²) in [4.78, 5) is 35.4. The Balaban J connectivity index is 2.47. The van der Waals surface area contributed by atoms with Crippen molar-refractivity contribution < 1.29 is 9.53 Å². The standard InChI is InChI=1S/C14H15N3O4/c1-21-13(19)9-17-12(18)7-11(15)16(14(17)20)8-10-5-3-2-4-6-10/h2-7H,8-9,15H2,1H3. The molecule has 2 rings (SSSR count). The van der Waals surface area contributed by atoms with E-state index in [2.05, 4.69) is 4.74 Å². The molecule has 0 radical (unpaired) electrons. The number of hydrogen-bond donors (Lipinski definition) is 1. The third-order valence-electron chi connectivity index (χ3n) is 3.01. The molecule has 1 heterocycles. The number of carbonyl (C=O) groups excluding carboxylic acids is 1. The Kier molecular flexibility index (Phi) is 4.22. The molecule has 0 atom stereocenters. The molecule has 0 spiro atoms. The van der Waals surface area contributed by atoms with Gasteiger partial charge in [-0.05, 0) is 5.56 Å². The first-order chi connectivity index (χ1) is 10.0. The molecular weight excluding hydrogens is 274 g/mol. The quantitative estimate of drug-likeness (QED) is 0.787. The number of nitrogens with two attached hydrogens (primary N) is 1. The van der Waals surface area contributed by atoms with Gasteiger partial charge in [-0.3, -0.25) is 14.2 Å². The molecule has 1 aromatic carbocycles. The highest BCUT2D eigenvalue weighted by Gasteiger charge is 2.13. The minimum atomic E-state index is -0.676. The van der Waals surface area contributed by atoms with Gasteiger partial charge < -0.3 is 10.5 Å². The predicted octanol–water partition coefficient (Wildman–Crippen LogP) is -0.186. The molecule has 21 heavy (non-hydrogen) atoms. The van der Waals surface area contributed by atoms with Gasteiger partial charge in [-0.25, -0.2) is 9.36 Å². The van der Waals surface area contributed by atoms with Crippen LogP contribution < -0.4 is 17.0 Å². The van der Waals surface area contributed by atoms with Gasteiger partial charge in [0, 0.05) is 6.07 Å². The van der Waals surface area contributed by atoms with Gasteiger partial charge in [0.05, 0.1) is 13.7 Å². The maximum Gasteiger partial charge on any atom is 0.333 e. The van der Waals surface area contributed by atoms with Crippen molar-refractivity contribution in [1.29, 1.82) is 0 Å². The fourth-order valence-electron chi connectivity index (χ4n) is 1.90. The van der Waals surface area contributed by atoms with Crippen LogP contribution in [-0.4, -0.2) is 22.2 Å². The second-order valence-corrected chi connectivity index (χ2v) is 4.42. The lowest BCUT2D eigenvalue weighted by Gasteiger charge is -2.12. The van der Waals surface area contributed by atoms with Gasteiger partial charge in [-0.2, -0.15) is 0 Å². The Morgan fingerprint density at radius 3 is 2.48 bits per heavy atom. The average Bonchev–Trinajstić information content (AvgIpc) is 2.48. The maximum absolute atomic E-state index is 12.3. The van der Waals surface area contributed by atoms with Crippen molar-refractivity contribution in [3.63, 3.8) is 0 Å². The third-order valence-corrected chi connectivity index (χ3v) is 3.01. The van der Waals surface area contributed by atoms with Crippen LogP contribution in [0, 0.1) is 0 Å². The van der Waals surface area contributed by atoms with Gasteiger partial charge in [0.25, 0.3) is 5.56 Å². The second kappa shape index (κ2) is 6.08. The number of esters is 1. The van der Waals surface area contributed by atoms with Gasteiger partial charge in [-0.1, -0.05) is 30.3 Å². The lowest BCUT2D eigenvalue weighted by atomic mass is 10.2. The number of methoxy groups -OCH3 is 1. The van der Waals surface area contributed by atoms with E-state index in [0.29, 0.717) is 0 Å². The van der Waals surface area contributed by atoms with Crippen molar-refractivity contribution in [3.05, 3.63) is 62.8 Å². The van der Waals surface area contributed by atoms with E-state index < -0.39 is 23.8 Å². The fraction of sp³-hybridized carbons (Fsp3) is 0.214. The van der Waals surface area contributed by atoms with Crippen LogP contribution in [0.2, 0.25) is 0 Å². The molecule has 0 amide bonds. The zero-order valence-electron chi connectivity index (χ0n) is 11.5. The van der Waals surface area contributed by atoms with Gasteiger partial charge in [0.1, 0.15) is 12.4 Å². The normalized spacial score (nSPS) is 10.3. The molecule has 0 aliphatic rings. The van der Waals surface area contributed by atoms with Crippen molar-refractivity contribution in [2.75, 3.05) is 12.8 Å². The zero-order chi connectivity index (χ0) is 15.4. The van der Waals surface area contributed by atoms with E-state index in [0.717, 1.165) is 16.2 Å². The first-order valence-electron chi connectivity index (χ1n) is 6.24. The summed E-state index contributed by atoms with van der Waals surface area (Å²) in [6.07, 6.45) is 0. The highest BCUT2D eigenvalue weighted by atomic mass is 16.5. The van der Waals surface area contributed by atoms with Crippen LogP contribution in [0.4, 0.5) is 5.82 Å². The molecule has 7 nitrogen and oxygen atoms in total. The van der Waals surface area contributed by atoms with Crippen molar-refractivity contribution >= 4 is 11.8 Å². The molecule has 0 aliphatic carbocycles. The van der Waals surface area contributed by atoms with Crippen LogP contribution in [0.15, 0.2) is 46.0 Å². The average molecular weight is 289 g/mol. The number of hydrogen-bond acceptors (Lipinski definition) is 5. The predicted molar refractivity (Wildman–Crippen MR) is 76.9 cm³/mol. The Morgan fingerprint density at radius 1 is 1.19 bits per heavy atom.